The maximum Gasteiger partial charge on any atom is 0.242 e. The number of carbonyl (C=O) groups is 1. The largest absolute Gasteiger partial charge is 0.326 e. The van der Waals surface area contributed by atoms with E-state index in [0.29, 0.717) is 27.2 Å². The van der Waals surface area contributed by atoms with Gasteiger partial charge in [-0.25, -0.2) is 12.7 Å². The van der Waals surface area contributed by atoms with Crippen molar-refractivity contribution >= 4 is 45.1 Å². The van der Waals surface area contributed by atoms with E-state index in [4.69, 9.17) is 0 Å². The number of nitrogens with one attached hydrogen (secondary N) is 1. The highest BCUT2D eigenvalue weighted by Crippen LogP contribution is 2.65. The molecule has 4 rings (SSSR count). The molecule has 5 nitrogen and oxygen atoms in total. The minimum absolute atomic E-state index is 0.0279. The highest BCUT2D eigenvalue weighted by Gasteiger charge is 2.57. The van der Waals surface area contributed by atoms with Crippen LogP contribution in [-0.2, 0) is 14.8 Å². The maximum atomic E-state index is 13.0. The normalized spacial score (nSPS) is 28.8. The van der Waals surface area contributed by atoms with Crippen LogP contribution in [0.15, 0.2) is 23.1 Å². The molecule has 1 amide bonds. The molecule has 2 saturated carbocycles. The molecule has 1 N–H and O–H groups in total. The topological polar surface area (TPSA) is 66.5 Å². The lowest BCUT2D eigenvalue weighted by Gasteiger charge is -2.42. The van der Waals surface area contributed by atoms with Crippen LogP contribution in [0.4, 0.5) is 5.69 Å². The number of hydrogen-bond acceptors (Lipinski definition) is 5. The fourth-order valence-corrected chi connectivity index (χ4v) is 10.1. The van der Waals surface area contributed by atoms with Crippen LogP contribution in [0.5, 0.6) is 0 Å². The molecule has 1 unspecified atom stereocenters. The van der Waals surface area contributed by atoms with Gasteiger partial charge in [0.1, 0.15) is 0 Å². The Kier molecular flexibility index (Phi) is 5.53. The summed E-state index contributed by atoms with van der Waals surface area (Å²) in [6, 6.07) is 5.14. The quantitative estimate of drug-likeness (QED) is 0.771. The van der Waals surface area contributed by atoms with E-state index in [9.17, 15) is 13.2 Å². The van der Waals surface area contributed by atoms with Gasteiger partial charge in [-0.15, -0.1) is 23.5 Å². The summed E-state index contributed by atoms with van der Waals surface area (Å²) in [5.41, 5.74) is 1.24. The summed E-state index contributed by atoms with van der Waals surface area (Å²) < 4.78 is 26.7. The van der Waals surface area contributed by atoms with Crippen molar-refractivity contribution in [1.29, 1.82) is 0 Å². The summed E-state index contributed by atoms with van der Waals surface area (Å²) in [6.45, 7) is 1.77. The lowest BCUT2D eigenvalue weighted by molar-refractivity contribution is -0.121. The van der Waals surface area contributed by atoms with Crippen molar-refractivity contribution in [1.82, 2.24) is 4.31 Å². The molecule has 0 radical (unpaired) electrons. The fraction of sp³-hybridized carbons (Fsp3) is 0.650. The Morgan fingerprint density at radius 3 is 2.32 bits per heavy atom. The van der Waals surface area contributed by atoms with Gasteiger partial charge in [-0.2, -0.15) is 0 Å². The summed E-state index contributed by atoms with van der Waals surface area (Å²) >= 11 is 4.26. The van der Waals surface area contributed by atoms with Gasteiger partial charge in [0.15, 0.2) is 0 Å². The van der Waals surface area contributed by atoms with Crippen LogP contribution in [0.1, 0.15) is 31.2 Å². The van der Waals surface area contributed by atoms with E-state index in [2.05, 4.69) is 28.8 Å². The Balaban J connectivity index is 1.49. The molecular weight excluding hydrogens is 412 g/mol. The van der Waals surface area contributed by atoms with Crippen LogP contribution >= 0.6 is 23.5 Å². The number of carbonyl (C=O) groups excluding carboxylic acids is 1. The Hall–Kier alpha value is -0.700. The average Bonchev–Trinajstić information content (AvgIpc) is 3.18. The third-order valence-electron chi connectivity index (χ3n) is 6.46. The molecule has 1 saturated heterocycles. The van der Waals surface area contributed by atoms with Crippen LogP contribution in [-0.4, -0.2) is 48.3 Å². The molecule has 2 bridgehead atoms. The molecule has 1 aromatic rings. The first-order chi connectivity index (χ1) is 13.2. The van der Waals surface area contributed by atoms with Crippen molar-refractivity contribution in [3.8, 4) is 0 Å². The van der Waals surface area contributed by atoms with Gasteiger partial charge in [-0.05, 0) is 62.1 Å². The predicted molar refractivity (Wildman–Crippen MR) is 117 cm³/mol. The number of nitrogens with zero attached hydrogens (tertiary/aromatic N) is 1. The number of hydrogen-bond donors (Lipinski definition) is 1. The van der Waals surface area contributed by atoms with Gasteiger partial charge in [0.05, 0.1) is 8.97 Å². The van der Waals surface area contributed by atoms with Crippen molar-refractivity contribution in [3.63, 3.8) is 0 Å². The van der Waals surface area contributed by atoms with E-state index in [-0.39, 0.29) is 16.7 Å². The van der Waals surface area contributed by atoms with E-state index in [1.165, 1.54) is 42.7 Å². The van der Waals surface area contributed by atoms with E-state index in [1.54, 1.807) is 25.1 Å². The maximum absolute atomic E-state index is 13.0. The Morgan fingerprint density at radius 1 is 1.14 bits per heavy atom. The van der Waals surface area contributed by atoms with Gasteiger partial charge in [-0.1, -0.05) is 6.07 Å². The van der Waals surface area contributed by atoms with E-state index in [1.807, 2.05) is 0 Å². The zero-order chi connectivity index (χ0) is 20.1. The lowest BCUT2D eigenvalue weighted by Crippen LogP contribution is -2.41. The monoisotopic (exact) mass is 440 g/mol. The van der Waals surface area contributed by atoms with Crippen LogP contribution in [0.3, 0.4) is 0 Å². The van der Waals surface area contributed by atoms with Gasteiger partial charge in [-0.3, -0.25) is 4.79 Å². The molecule has 1 aromatic carbocycles. The minimum atomic E-state index is -3.54. The third-order valence-corrected chi connectivity index (χ3v) is 12.4. The molecule has 2 aliphatic carbocycles. The van der Waals surface area contributed by atoms with Crippen molar-refractivity contribution < 1.29 is 13.2 Å². The van der Waals surface area contributed by atoms with Gasteiger partial charge in [0, 0.05) is 37.2 Å². The summed E-state index contributed by atoms with van der Waals surface area (Å²) in [5, 5.41) is 3.00. The van der Waals surface area contributed by atoms with Crippen LogP contribution in [0.2, 0.25) is 0 Å². The molecule has 154 valence electrons. The van der Waals surface area contributed by atoms with Crippen LogP contribution in [0, 0.1) is 24.7 Å². The molecule has 1 spiro atoms. The molecule has 8 heteroatoms. The molecule has 3 atom stereocenters. The zero-order valence-electron chi connectivity index (χ0n) is 16.6. The van der Waals surface area contributed by atoms with Crippen molar-refractivity contribution in [2.24, 2.45) is 17.8 Å². The number of anilines is 1. The lowest BCUT2D eigenvalue weighted by atomic mass is 9.79. The second-order valence-corrected chi connectivity index (χ2v) is 13.4. The number of aryl methyl sites for hydroxylation is 1. The predicted octanol–water partition coefficient (Wildman–Crippen LogP) is 3.80. The summed E-state index contributed by atoms with van der Waals surface area (Å²) in [6.07, 6.45) is 4.39. The van der Waals surface area contributed by atoms with Crippen molar-refractivity contribution in [3.05, 3.63) is 23.8 Å². The highest BCUT2D eigenvalue weighted by molar-refractivity contribution is 8.21. The van der Waals surface area contributed by atoms with E-state index in [0.717, 1.165) is 12.8 Å². The highest BCUT2D eigenvalue weighted by atomic mass is 32.2. The zero-order valence-corrected chi connectivity index (χ0v) is 19.1. The molecule has 0 aromatic heterocycles. The first kappa shape index (κ1) is 20.6. The number of thioether (sulfide) groups is 2. The third kappa shape index (κ3) is 3.40. The number of rotatable bonds is 4. The number of sulfonamides is 1. The van der Waals surface area contributed by atoms with Crippen LogP contribution in [0.25, 0.3) is 0 Å². The first-order valence-corrected chi connectivity index (χ1v) is 13.3. The standard InChI is InChI=1S/C20H28N2O3S3/c1-13-4-7-17(12-18(13)28(24,25)22(2)3)21-19(23)14-10-15-5-6-16(11-14)20(15)26-8-9-27-20/h4,7,12,14-16H,5-6,8-11H2,1-3H3,(H,21,23)/t14?,15-,16+. The fourth-order valence-electron chi connectivity index (χ4n) is 5.01. The molecule has 3 aliphatic rings. The van der Waals surface area contributed by atoms with Gasteiger partial charge >= 0.3 is 0 Å². The molecule has 1 heterocycles. The molecular formula is C20H28N2O3S3. The SMILES string of the molecule is Cc1ccc(NC(=O)C2C[C@H]3CC[C@@H](C2)C32SCCS2)cc1S(=O)(=O)N(C)C. The van der Waals surface area contributed by atoms with E-state index < -0.39 is 10.0 Å². The Morgan fingerprint density at radius 2 is 1.75 bits per heavy atom. The first-order valence-electron chi connectivity index (χ1n) is 9.86. The molecule has 1 aliphatic heterocycles. The second kappa shape index (κ2) is 7.52. The summed E-state index contributed by atoms with van der Waals surface area (Å²) in [4.78, 5) is 13.2. The van der Waals surface area contributed by atoms with E-state index >= 15 is 0 Å². The van der Waals surface area contributed by atoms with Crippen molar-refractivity contribution in [2.75, 3.05) is 30.9 Å². The average molecular weight is 441 g/mol. The second-order valence-electron chi connectivity index (χ2n) is 8.31. The van der Waals surface area contributed by atoms with Gasteiger partial charge in [0.25, 0.3) is 0 Å². The molecule has 3 fully saturated rings. The van der Waals surface area contributed by atoms with Gasteiger partial charge < -0.3 is 5.32 Å². The molecule has 28 heavy (non-hydrogen) atoms. The number of amides is 1. The van der Waals surface area contributed by atoms with Gasteiger partial charge in [0.2, 0.25) is 15.9 Å². The summed E-state index contributed by atoms with van der Waals surface area (Å²) in [5.74, 6) is 3.79. The smallest absolute Gasteiger partial charge is 0.242 e. The summed E-state index contributed by atoms with van der Waals surface area (Å²) in [7, 11) is -0.496. The van der Waals surface area contributed by atoms with Crippen LogP contribution < -0.4 is 5.32 Å². The number of benzene rings is 1. The Labute approximate surface area is 176 Å². The minimum Gasteiger partial charge on any atom is -0.326 e. The van der Waals surface area contributed by atoms with Crippen molar-refractivity contribution in [2.45, 2.75) is 41.6 Å². The Bertz CT molecular complexity index is 863.